The number of amides is 1. The van der Waals surface area contributed by atoms with Crippen LogP contribution in [0, 0.1) is 0 Å². The Morgan fingerprint density at radius 3 is 2.86 bits per heavy atom. The molecule has 0 atom stereocenters. The van der Waals surface area contributed by atoms with Crippen LogP contribution in [0.3, 0.4) is 0 Å². The van der Waals surface area contributed by atoms with Crippen LogP contribution in [-0.2, 0) is 6.42 Å². The normalized spacial score (nSPS) is 10.1. The molecule has 2 aromatic rings. The van der Waals surface area contributed by atoms with E-state index in [9.17, 15) is 4.79 Å². The van der Waals surface area contributed by atoms with Crippen molar-refractivity contribution in [2.24, 2.45) is 0 Å². The number of carbonyl (C=O) groups is 1. The smallest absolute Gasteiger partial charge is 0.252 e. The van der Waals surface area contributed by atoms with Crippen molar-refractivity contribution in [2.45, 2.75) is 19.8 Å². The molecule has 0 saturated carbocycles. The van der Waals surface area contributed by atoms with E-state index < -0.39 is 0 Å². The molecule has 0 bridgehead atoms. The Balaban J connectivity index is 1.79. The molecule has 4 nitrogen and oxygen atoms in total. The molecule has 110 valence electrons. The number of ether oxygens (including phenoxy) is 1. The predicted octanol–water partition coefficient (Wildman–Crippen LogP) is 2.84. The fourth-order valence-corrected chi connectivity index (χ4v) is 2.09. The van der Waals surface area contributed by atoms with Gasteiger partial charge < -0.3 is 10.1 Å². The van der Waals surface area contributed by atoms with Crippen LogP contribution in [0.1, 0.15) is 29.3 Å². The quantitative estimate of drug-likeness (QED) is 0.795. The predicted molar refractivity (Wildman–Crippen MR) is 82.5 cm³/mol. The highest BCUT2D eigenvalue weighted by Gasteiger charge is 2.05. The maximum absolute atomic E-state index is 11.8. The van der Waals surface area contributed by atoms with Gasteiger partial charge >= 0.3 is 0 Å². The fraction of sp³-hybridized carbons (Fsp3) is 0.294. The molecule has 0 fully saturated rings. The molecule has 0 aliphatic carbocycles. The highest BCUT2D eigenvalue weighted by atomic mass is 16.5. The van der Waals surface area contributed by atoms with Gasteiger partial charge in [0.05, 0.1) is 12.2 Å². The Morgan fingerprint density at radius 2 is 2.10 bits per heavy atom. The molecule has 0 spiro atoms. The van der Waals surface area contributed by atoms with Gasteiger partial charge in [0.25, 0.3) is 5.91 Å². The third-order valence-electron chi connectivity index (χ3n) is 3.10. The lowest BCUT2D eigenvalue weighted by Crippen LogP contribution is -2.24. The largest absolute Gasteiger partial charge is 0.494 e. The number of benzene rings is 1. The van der Waals surface area contributed by atoms with Crippen molar-refractivity contribution < 1.29 is 9.53 Å². The summed E-state index contributed by atoms with van der Waals surface area (Å²) >= 11 is 0. The summed E-state index contributed by atoms with van der Waals surface area (Å²) < 4.78 is 5.59. The van der Waals surface area contributed by atoms with Crippen LogP contribution in [0.4, 0.5) is 0 Å². The van der Waals surface area contributed by atoms with Crippen LogP contribution in [-0.4, -0.2) is 24.0 Å². The van der Waals surface area contributed by atoms with E-state index in [2.05, 4.69) is 16.4 Å². The minimum atomic E-state index is -0.0822. The summed E-state index contributed by atoms with van der Waals surface area (Å²) in [6, 6.07) is 11.5. The molecule has 0 saturated heterocycles. The van der Waals surface area contributed by atoms with E-state index in [1.54, 1.807) is 24.5 Å². The van der Waals surface area contributed by atoms with Crippen LogP contribution in [0.5, 0.6) is 5.75 Å². The number of nitrogens with zero attached hydrogens (tertiary/aromatic N) is 1. The molecule has 21 heavy (non-hydrogen) atoms. The lowest BCUT2D eigenvalue weighted by Gasteiger charge is -2.10. The topological polar surface area (TPSA) is 51.2 Å². The van der Waals surface area contributed by atoms with E-state index in [0.29, 0.717) is 18.7 Å². The van der Waals surface area contributed by atoms with E-state index in [4.69, 9.17) is 4.74 Å². The Bertz CT molecular complexity index is 570. The number of aromatic nitrogens is 1. The van der Waals surface area contributed by atoms with Crippen molar-refractivity contribution in [3.63, 3.8) is 0 Å². The number of pyridine rings is 1. The highest BCUT2D eigenvalue weighted by molar-refractivity contribution is 5.93. The van der Waals surface area contributed by atoms with Gasteiger partial charge in [0.1, 0.15) is 5.75 Å². The van der Waals surface area contributed by atoms with Gasteiger partial charge in [0.2, 0.25) is 0 Å². The van der Waals surface area contributed by atoms with Crippen molar-refractivity contribution in [1.82, 2.24) is 10.3 Å². The van der Waals surface area contributed by atoms with E-state index in [1.165, 1.54) is 5.56 Å². The summed E-state index contributed by atoms with van der Waals surface area (Å²) in [5, 5.41) is 2.90. The average Bonchev–Trinajstić information content (AvgIpc) is 2.54. The highest BCUT2D eigenvalue weighted by Crippen LogP contribution is 2.19. The monoisotopic (exact) mass is 284 g/mol. The first-order valence-corrected chi connectivity index (χ1v) is 7.20. The third-order valence-corrected chi connectivity index (χ3v) is 3.10. The number of nitrogens with one attached hydrogen (secondary N) is 1. The summed E-state index contributed by atoms with van der Waals surface area (Å²) in [7, 11) is 0. The number of hydrogen-bond donors (Lipinski definition) is 1. The van der Waals surface area contributed by atoms with Gasteiger partial charge in [0, 0.05) is 18.9 Å². The Labute approximate surface area is 125 Å². The van der Waals surface area contributed by atoms with Gasteiger partial charge in [-0.05, 0) is 43.5 Å². The molecule has 2 rings (SSSR count). The minimum absolute atomic E-state index is 0.0822. The number of rotatable bonds is 7. The summed E-state index contributed by atoms with van der Waals surface area (Å²) in [6.45, 7) is 3.27. The number of hydrogen-bond acceptors (Lipinski definition) is 3. The second kappa shape index (κ2) is 8.04. The molecule has 0 radical (unpaired) electrons. The van der Waals surface area contributed by atoms with Crippen LogP contribution in [0.25, 0.3) is 0 Å². The zero-order valence-corrected chi connectivity index (χ0v) is 12.2. The SMILES string of the molecule is CCOc1ccccc1CCCNC(=O)c1cccnc1. The van der Waals surface area contributed by atoms with Crippen LogP contribution in [0.2, 0.25) is 0 Å². The summed E-state index contributed by atoms with van der Waals surface area (Å²) in [4.78, 5) is 15.8. The van der Waals surface area contributed by atoms with Crippen molar-refractivity contribution in [2.75, 3.05) is 13.2 Å². The first-order valence-electron chi connectivity index (χ1n) is 7.20. The minimum Gasteiger partial charge on any atom is -0.494 e. The van der Waals surface area contributed by atoms with Gasteiger partial charge in [-0.1, -0.05) is 18.2 Å². The Morgan fingerprint density at radius 1 is 1.24 bits per heavy atom. The van der Waals surface area contributed by atoms with E-state index in [-0.39, 0.29) is 5.91 Å². The van der Waals surface area contributed by atoms with E-state index in [1.807, 2.05) is 25.1 Å². The molecule has 1 heterocycles. The van der Waals surface area contributed by atoms with Crippen LogP contribution in [0.15, 0.2) is 48.8 Å². The maximum Gasteiger partial charge on any atom is 0.252 e. The van der Waals surface area contributed by atoms with Gasteiger partial charge in [-0.25, -0.2) is 0 Å². The second-order valence-electron chi connectivity index (χ2n) is 4.64. The van der Waals surface area contributed by atoms with Crippen LogP contribution < -0.4 is 10.1 Å². The van der Waals surface area contributed by atoms with Gasteiger partial charge in [-0.15, -0.1) is 0 Å². The zero-order valence-electron chi connectivity index (χ0n) is 12.2. The standard InChI is InChI=1S/C17H20N2O2/c1-2-21-16-10-4-3-7-14(16)8-6-12-19-17(20)15-9-5-11-18-13-15/h3-5,7,9-11,13H,2,6,8,12H2,1H3,(H,19,20). The number of aryl methyl sites for hydroxylation is 1. The molecule has 1 aromatic carbocycles. The molecular weight excluding hydrogens is 264 g/mol. The average molecular weight is 284 g/mol. The molecule has 1 aromatic heterocycles. The maximum atomic E-state index is 11.8. The van der Waals surface area contributed by atoms with Gasteiger partial charge in [-0.2, -0.15) is 0 Å². The molecule has 1 amide bonds. The first kappa shape index (κ1) is 15.0. The Kier molecular flexibility index (Phi) is 5.76. The second-order valence-corrected chi connectivity index (χ2v) is 4.64. The van der Waals surface area contributed by atoms with Gasteiger partial charge in [-0.3, -0.25) is 9.78 Å². The molecule has 0 unspecified atom stereocenters. The number of carbonyl (C=O) groups excluding carboxylic acids is 1. The Hall–Kier alpha value is -2.36. The molecule has 0 aliphatic heterocycles. The van der Waals surface area contributed by atoms with E-state index >= 15 is 0 Å². The number of para-hydroxylation sites is 1. The van der Waals surface area contributed by atoms with Crippen LogP contribution >= 0.6 is 0 Å². The lowest BCUT2D eigenvalue weighted by atomic mass is 10.1. The first-order chi connectivity index (χ1) is 10.3. The van der Waals surface area contributed by atoms with Crippen molar-refractivity contribution in [3.05, 3.63) is 59.9 Å². The summed E-state index contributed by atoms with van der Waals surface area (Å²) in [5.41, 5.74) is 1.77. The molecular formula is C17H20N2O2. The molecule has 0 aliphatic rings. The lowest BCUT2D eigenvalue weighted by molar-refractivity contribution is 0.0953. The fourth-order valence-electron chi connectivity index (χ4n) is 2.09. The molecule has 4 heteroatoms. The summed E-state index contributed by atoms with van der Waals surface area (Å²) in [6.07, 6.45) is 4.97. The van der Waals surface area contributed by atoms with Crippen molar-refractivity contribution in [3.8, 4) is 5.75 Å². The third kappa shape index (κ3) is 4.60. The van der Waals surface area contributed by atoms with E-state index in [0.717, 1.165) is 18.6 Å². The van der Waals surface area contributed by atoms with Crippen molar-refractivity contribution >= 4 is 5.91 Å². The zero-order chi connectivity index (χ0) is 14.9. The van der Waals surface area contributed by atoms with Crippen molar-refractivity contribution in [1.29, 1.82) is 0 Å². The van der Waals surface area contributed by atoms with Gasteiger partial charge in [0.15, 0.2) is 0 Å². The summed E-state index contributed by atoms with van der Waals surface area (Å²) in [5.74, 6) is 0.847. The molecule has 1 N–H and O–H groups in total.